The number of nitrogens with two attached hydrogens (primary N) is 1. The van der Waals surface area contributed by atoms with E-state index in [9.17, 15) is 0 Å². The van der Waals surface area contributed by atoms with E-state index in [4.69, 9.17) is 26.9 Å². The summed E-state index contributed by atoms with van der Waals surface area (Å²) in [5, 5.41) is 0.568. The smallest absolute Gasteiger partial charge is 0.137 e. The molecule has 4 nitrogen and oxygen atoms in total. The summed E-state index contributed by atoms with van der Waals surface area (Å²) in [6.45, 7) is 2.00. The minimum absolute atomic E-state index is 0.175. The summed E-state index contributed by atoms with van der Waals surface area (Å²) in [5.74, 6) is 7.18. The SMILES string of the molecule is COc1cc(C(NN)c2ccc(Cl)c(OC)c2)ccc1C. The zero-order valence-corrected chi connectivity index (χ0v) is 13.1. The molecule has 0 saturated carbocycles. The Balaban J connectivity index is 2.44. The quantitative estimate of drug-likeness (QED) is 0.658. The van der Waals surface area contributed by atoms with Crippen LogP contribution in [0.15, 0.2) is 36.4 Å². The predicted octanol–water partition coefficient (Wildman–Crippen LogP) is 3.22. The van der Waals surface area contributed by atoms with Crippen molar-refractivity contribution in [2.24, 2.45) is 5.84 Å². The number of hydrazine groups is 1. The van der Waals surface area contributed by atoms with E-state index in [0.29, 0.717) is 10.8 Å². The summed E-state index contributed by atoms with van der Waals surface area (Å²) >= 11 is 6.06. The van der Waals surface area contributed by atoms with Gasteiger partial charge in [0, 0.05) is 0 Å². The number of ether oxygens (including phenoxy) is 2. The van der Waals surface area contributed by atoms with E-state index in [1.54, 1.807) is 20.3 Å². The lowest BCUT2D eigenvalue weighted by atomic mass is 9.97. The second-order valence-electron chi connectivity index (χ2n) is 4.72. The van der Waals surface area contributed by atoms with Crippen LogP contribution in [0.25, 0.3) is 0 Å². The Morgan fingerprint density at radius 1 is 1.00 bits per heavy atom. The molecule has 3 N–H and O–H groups in total. The van der Waals surface area contributed by atoms with Crippen LogP contribution in [0.4, 0.5) is 0 Å². The molecule has 0 saturated heterocycles. The van der Waals surface area contributed by atoms with Crippen molar-refractivity contribution in [1.29, 1.82) is 0 Å². The Bertz CT molecular complexity index is 578. The highest BCUT2D eigenvalue weighted by Gasteiger charge is 2.15. The number of hydrogen-bond donors (Lipinski definition) is 2. The van der Waals surface area contributed by atoms with Gasteiger partial charge in [-0.3, -0.25) is 5.84 Å². The standard InChI is InChI=1S/C16H19ClN2O2/c1-10-4-5-11(8-14(10)20-2)16(19-18)12-6-7-13(17)15(9-12)21-3/h4-9,16,19H,18H2,1-3H3. The molecule has 0 amide bonds. The number of rotatable bonds is 5. The number of hydrogen-bond acceptors (Lipinski definition) is 4. The van der Waals surface area contributed by atoms with Gasteiger partial charge in [-0.1, -0.05) is 29.8 Å². The summed E-state index contributed by atoms with van der Waals surface area (Å²) in [4.78, 5) is 0. The van der Waals surface area contributed by atoms with Gasteiger partial charge in [0.05, 0.1) is 25.3 Å². The fourth-order valence-corrected chi connectivity index (χ4v) is 2.45. The van der Waals surface area contributed by atoms with E-state index in [2.05, 4.69) is 5.43 Å². The number of benzene rings is 2. The Labute approximate surface area is 129 Å². The highest BCUT2D eigenvalue weighted by Crippen LogP contribution is 2.32. The van der Waals surface area contributed by atoms with Gasteiger partial charge in [-0.25, -0.2) is 5.43 Å². The highest BCUT2D eigenvalue weighted by atomic mass is 35.5. The molecular formula is C16H19ClN2O2. The first-order valence-corrected chi connectivity index (χ1v) is 6.92. The molecule has 1 unspecified atom stereocenters. The molecule has 0 aliphatic heterocycles. The molecule has 0 radical (unpaired) electrons. The minimum atomic E-state index is -0.175. The Morgan fingerprint density at radius 3 is 2.14 bits per heavy atom. The first-order valence-electron chi connectivity index (χ1n) is 6.54. The highest BCUT2D eigenvalue weighted by molar-refractivity contribution is 6.32. The van der Waals surface area contributed by atoms with Crippen LogP contribution in [0.3, 0.4) is 0 Å². The zero-order valence-electron chi connectivity index (χ0n) is 12.3. The summed E-state index contributed by atoms with van der Waals surface area (Å²) in [6.07, 6.45) is 0. The summed E-state index contributed by atoms with van der Waals surface area (Å²) < 4.78 is 10.6. The van der Waals surface area contributed by atoms with Crippen LogP contribution < -0.4 is 20.7 Å². The van der Waals surface area contributed by atoms with Gasteiger partial charge in [0.25, 0.3) is 0 Å². The van der Waals surface area contributed by atoms with Gasteiger partial charge in [-0.15, -0.1) is 0 Å². The van der Waals surface area contributed by atoms with Crippen molar-refractivity contribution in [2.45, 2.75) is 13.0 Å². The molecule has 0 spiro atoms. The maximum absolute atomic E-state index is 6.06. The molecular weight excluding hydrogens is 288 g/mol. The molecule has 112 valence electrons. The third-order valence-electron chi connectivity index (χ3n) is 3.44. The van der Waals surface area contributed by atoms with Gasteiger partial charge in [0.2, 0.25) is 0 Å². The molecule has 0 bridgehead atoms. The number of halogens is 1. The molecule has 2 rings (SSSR count). The second kappa shape index (κ2) is 6.80. The molecule has 0 fully saturated rings. The van der Waals surface area contributed by atoms with Gasteiger partial charge in [0.1, 0.15) is 11.5 Å². The van der Waals surface area contributed by atoms with Crippen molar-refractivity contribution in [2.75, 3.05) is 14.2 Å². The lowest BCUT2D eigenvalue weighted by Crippen LogP contribution is -2.28. The van der Waals surface area contributed by atoms with Gasteiger partial charge in [-0.05, 0) is 41.8 Å². The molecule has 0 aliphatic carbocycles. The van der Waals surface area contributed by atoms with Crippen LogP contribution in [0, 0.1) is 6.92 Å². The molecule has 0 aromatic heterocycles. The number of aryl methyl sites for hydroxylation is 1. The largest absolute Gasteiger partial charge is 0.496 e. The van der Waals surface area contributed by atoms with E-state index in [-0.39, 0.29) is 6.04 Å². The lowest BCUT2D eigenvalue weighted by Gasteiger charge is -2.19. The van der Waals surface area contributed by atoms with E-state index in [0.717, 1.165) is 22.4 Å². The molecule has 2 aromatic carbocycles. The summed E-state index contributed by atoms with van der Waals surface area (Å²) in [5.41, 5.74) is 5.86. The third kappa shape index (κ3) is 3.29. The van der Waals surface area contributed by atoms with Crippen LogP contribution >= 0.6 is 11.6 Å². The summed E-state index contributed by atoms with van der Waals surface area (Å²) in [6, 6.07) is 11.4. The molecule has 21 heavy (non-hydrogen) atoms. The Hall–Kier alpha value is -1.75. The Kier molecular flexibility index (Phi) is 5.07. The van der Waals surface area contributed by atoms with Crippen LogP contribution in [0.1, 0.15) is 22.7 Å². The molecule has 2 aromatic rings. The van der Waals surface area contributed by atoms with E-state index in [1.807, 2.05) is 37.3 Å². The van der Waals surface area contributed by atoms with Crippen LogP contribution in [-0.2, 0) is 0 Å². The predicted molar refractivity (Wildman–Crippen MR) is 84.9 cm³/mol. The van der Waals surface area contributed by atoms with Crippen LogP contribution in [0.5, 0.6) is 11.5 Å². The fourth-order valence-electron chi connectivity index (χ4n) is 2.26. The van der Waals surface area contributed by atoms with E-state index < -0.39 is 0 Å². The van der Waals surface area contributed by atoms with Crippen molar-refractivity contribution >= 4 is 11.6 Å². The first-order chi connectivity index (χ1) is 10.1. The summed E-state index contributed by atoms with van der Waals surface area (Å²) in [7, 11) is 3.24. The van der Waals surface area contributed by atoms with Crippen LogP contribution in [0.2, 0.25) is 5.02 Å². The molecule has 5 heteroatoms. The normalized spacial score (nSPS) is 12.0. The van der Waals surface area contributed by atoms with Crippen molar-refractivity contribution in [3.8, 4) is 11.5 Å². The van der Waals surface area contributed by atoms with Crippen molar-refractivity contribution in [3.05, 3.63) is 58.1 Å². The maximum Gasteiger partial charge on any atom is 0.137 e. The number of methoxy groups -OCH3 is 2. The monoisotopic (exact) mass is 306 g/mol. The topological polar surface area (TPSA) is 56.5 Å². The Morgan fingerprint density at radius 2 is 1.57 bits per heavy atom. The number of nitrogens with one attached hydrogen (secondary N) is 1. The van der Waals surface area contributed by atoms with Gasteiger partial charge < -0.3 is 9.47 Å². The van der Waals surface area contributed by atoms with Gasteiger partial charge >= 0.3 is 0 Å². The lowest BCUT2D eigenvalue weighted by molar-refractivity contribution is 0.410. The third-order valence-corrected chi connectivity index (χ3v) is 3.75. The van der Waals surface area contributed by atoms with Crippen LogP contribution in [-0.4, -0.2) is 14.2 Å². The first kappa shape index (κ1) is 15.6. The van der Waals surface area contributed by atoms with Crippen molar-refractivity contribution in [1.82, 2.24) is 5.43 Å². The minimum Gasteiger partial charge on any atom is -0.496 e. The average Bonchev–Trinajstić information content (AvgIpc) is 2.51. The molecule has 0 heterocycles. The van der Waals surface area contributed by atoms with Crippen molar-refractivity contribution < 1.29 is 9.47 Å². The second-order valence-corrected chi connectivity index (χ2v) is 5.13. The zero-order chi connectivity index (χ0) is 15.4. The van der Waals surface area contributed by atoms with Gasteiger partial charge in [0.15, 0.2) is 0 Å². The fraction of sp³-hybridized carbons (Fsp3) is 0.250. The van der Waals surface area contributed by atoms with E-state index in [1.165, 1.54) is 0 Å². The molecule has 1 atom stereocenters. The average molecular weight is 307 g/mol. The van der Waals surface area contributed by atoms with Gasteiger partial charge in [-0.2, -0.15) is 0 Å². The van der Waals surface area contributed by atoms with Crippen molar-refractivity contribution in [3.63, 3.8) is 0 Å². The van der Waals surface area contributed by atoms with E-state index >= 15 is 0 Å². The molecule has 0 aliphatic rings. The maximum atomic E-state index is 6.06.